The molecule has 2 unspecified atom stereocenters. The summed E-state index contributed by atoms with van der Waals surface area (Å²) in [6, 6.07) is 5.81. The molecular weight excluding hydrogens is 277 g/mol. The summed E-state index contributed by atoms with van der Waals surface area (Å²) >= 11 is 0. The van der Waals surface area contributed by atoms with Gasteiger partial charge in [-0.2, -0.15) is 0 Å². The number of rotatable bonds is 4. The minimum absolute atomic E-state index is 0.197. The lowest BCUT2D eigenvalue weighted by atomic mass is 9.95. The summed E-state index contributed by atoms with van der Waals surface area (Å²) in [4.78, 5) is 12.5. The molecule has 2 rings (SSSR count). The van der Waals surface area contributed by atoms with Gasteiger partial charge in [-0.25, -0.2) is 4.39 Å². The average Bonchev–Trinajstić information content (AvgIpc) is 2.46. The largest absolute Gasteiger partial charge is 0.352 e. The van der Waals surface area contributed by atoms with E-state index >= 15 is 0 Å². The number of benzene rings is 1. The molecule has 1 aromatic rings. The Hall–Kier alpha value is -1.23. The SMILES string of the molecule is CC(C(=O)NC1CCCCC1)S(=O)c1cccc(F)c1. The Bertz CT molecular complexity index is 500. The minimum atomic E-state index is -1.52. The Kier molecular flexibility index (Phi) is 5.29. The zero-order valence-corrected chi connectivity index (χ0v) is 12.4. The van der Waals surface area contributed by atoms with Crippen LogP contribution in [0.4, 0.5) is 4.39 Å². The van der Waals surface area contributed by atoms with Crippen molar-refractivity contribution in [3.05, 3.63) is 30.1 Å². The second kappa shape index (κ2) is 6.97. The van der Waals surface area contributed by atoms with Crippen LogP contribution in [0.25, 0.3) is 0 Å². The summed E-state index contributed by atoms with van der Waals surface area (Å²) in [6.45, 7) is 1.62. The van der Waals surface area contributed by atoms with Crippen molar-refractivity contribution in [3.63, 3.8) is 0 Å². The molecule has 0 spiro atoms. The first-order chi connectivity index (χ1) is 9.58. The maximum atomic E-state index is 13.1. The first kappa shape index (κ1) is 15.2. The van der Waals surface area contributed by atoms with Crippen LogP contribution >= 0.6 is 0 Å². The van der Waals surface area contributed by atoms with Crippen LogP contribution in [-0.2, 0) is 15.6 Å². The van der Waals surface area contributed by atoms with Crippen LogP contribution in [0.2, 0.25) is 0 Å². The Morgan fingerprint density at radius 3 is 2.70 bits per heavy atom. The molecule has 0 bridgehead atoms. The van der Waals surface area contributed by atoms with Crippen molar-refractivity contribution in [2.45, 2.75) is 55.2 Å². The number of hydrogen-bond acceptors (Lipinski definition) is 2. The van der Waals surface area contributed by atoms with E-state index in [2.05, 4.69) is 5.32 Å². The Morgan fingerprint density at radius 2 is 2.05 bits per heavy atom. The van der Waals surface area contributed by atoms with E-state index in [1.165, 1.54) is 24.6 Å². The highest BCUT2D eigenvalue weighted by atomic mass is 32.2. The monoisotopic (exact) mass is 297 g/mol. The lowest BCUT2D eigenvalue weighted by Crippen LogP contribution is -2.42. The van der Waals surface area contributed by atoms with Gasteiger partial charge in [0.05, 0.1) is 10.8 Å². The molecule has 1 aromatic carbocycles. The molecule has 2 atom stereocenters. The molecule has 1 aliphatic carbocycles. The van der Waals surface area contributed by atoms with Gasteiger partial charge in [0.25, 0.3) is 0 Å². The summed E-state index contributed by atoms with van der Waals surface area (Å²) in [7, 11) is -1.52. The van der Waals surface area contributed by atoms with E-state index in [4.69, 9.17) is 0 Å². The lowest BCUT2D eigenvalue weighted by Gasteiger charge is -2.24. The number of hydrogen-bond donors (Lipinski definition) is 1. The number of carbonyl (C=O) groups is 1. The lowest BCUT2D eigenvalue weighted by molar-refractivity contribution is -0.121. The molecule has 20 heavy (non-hydrogen) atoms. The van der Waals surface area contributed by atoms with E-state index in [-0.39, 0.29) is 11.9 Å². The molecule has 0 aliphatic heterocycles. The summed E-state index contributed by atoms with van der Waals surface area (Å²) in [5.74, 6) is -0.643. The molecule has 0 radical (unpaired) electrons. The molecule has 0 heterocycles. The minimum Gasteiger partial charge on any atom is -0.352 e. The number of nitrogens with one attached hydrogen (secondary N) is 1. The third kappa shape index (κ3) is 3.88. The Morgan fingerprint density at radius 1 is 1.35 bits per heavy atom. The zero-order valence-electron chi connectivity index (χ0n) is 11.6. The van der Waals surface area contributed by atoms with Gasteiger partial charge in [-0.05, 0) is 38.0 Å². The smallest absolute Gasteiger partial charge is 0.236 e. The molecular formula is C15H20FNO2S. The van der Waals surface area contributed by atoms with Crippen molar-refractivity contribution in [1.29, 1.82) is 0 Å². The van der Waals surface area contributed by atoms with Crippen LogP contribution in [0.5, 0.6) is 0 Å². The predicted molar refractivity (Wildman–Crippen MR) is 77.3 cm³/mol. The third-order valence-corrected chi connectivity index (χ3v) is 5.25. The van der Waals surface area contributed by atoms with Crippen LogP contribution in [0, 0.1) is 5.82 Å². The first-order valence-corrected chi connectivity index (χ1v) is 8.26. The molecule has 0 saturated heterocycles. The van der Waals surface area contributed by atoms with Crippen molar-refractivity contribution < 1.29 is 13.4 Å². The maximum absolute atomic E-state index is 13.1. The molecule has 1 saturated carbocycles. The molecule has 0 aromatic heterocycles. The first-order valence-electron chi connectivity index (χ1n) is 7.04. The molecule has 110 valence electrons. The van der Waals surface area contributed by atoms with Gasteiger partial charge in [-0.1, -0.05) is 25.3 Å². The van der Waals surface area contributed by atoms with Gasteiger partial charge in [0.1, 0.15) is 11.1 Å². The topological polar surface area (TPSA) is 46.2 Å². The number of carbonyl (C=O) groups excluding carboxylic acids is 1. The van der Waals surface area contributed by atoms with Crippen LogP contribution < -0.4 is 5.32 Å². The summed E-state index contributed by atoms with van der Waals surface area (Å²) in [6.07, 6.45) is 5.46. The standard InChI is InChI=1S/C15H20FNO2S/c1-11(15(18)17-13-7-3-2-4-8-13)20(19)14-9-5-6-12(16)10-14/h5-6,9-11,13H,2-4,7-8H2,1H3,(H,17,18). The number of halogens is 1. The average molecular weight is 297 g/mol. The molecule has 1 amide bonds. The normalized spacial score (nSPS) is 19.3. The number of amides is 1. The second-order valence-electron chi connectivity index (χ2n) is 5.24. The van der Waals surface area contributed by atoms with E-state index < -0.39 is 21.9 Å². The van der Waals surface area contributed by atoms with Crippen LogP contribution in [0.3, 0.4) is 0 Å². The van der Waals surface area contributed by atoms with Crippen LogP contribution in [0.15, 0.2) is 29.2 Å². The predicted octanol–water partition coefficient (Wildman–Crippen LogP) is 2.77. The van der Waals surface area contributed by atoms with Gasteiger partial charge in [-0.3, -0.25) is 9.00 Å². The Labute approximate surface area is 121 Å². The highest BCUT2D eigenvalue weighted by Gasteiger charge is 2.24. The zero-order chi connectivity index (χ0) is 14.5. The van der Waals surface area contributed by atoms with Crippen molar-refractivity contribution in [2.24, 2.45) is 0 Å². The van der Waals surface area contributed by atoms with Gasteiger partial charge in [0, 0.05) is 10.9 Å². The summed E-state index contributed by atoms with van der Waals surface area (Å²) < 4.78 is 25.4. The molecule has 5 heteroatoms. The second-order valence-corrected chi connectivity index (χ2v) is 7.01. The van der Waals surface area contributed by atoms with Gasteiger partial charge in [-0.15, -0.1) is 0 Å². The van der Waals surface area contributed by atoms with E-state index in [0.29, 0.717) is 4.90 Å². The van der Waals surface area contributed by atoms with Crippen molar-refractivity contribution in [3.8, 4) is 0 Å². The van der Waals surface area contributed by atoms with Gasteiger partial charge < -0.3 is 5.32 Å². The quantitative estimate of drug-likeness (QED) is 0.929. The fourth-order valence-corrected chi connectivity index (χ4v) is 3.57. The van der Waals surface area contributed by atoms with E-state index in [9.17, 15) is 13.4 Å². The van der Waals surface area contributed by atoms with Crippen molar-refractivity contribution >= 4 is 16.7 Å². The fraction of sp³-hybridized carbons (Fsp3) is 0.533. The van der Waals surface area contributed by atoms with Crippen molar-refractivity contribution in [2.75, 3.05) is 0 Å². The fourth-order valence-electron chi connectivity index (χ4n) is 2.46. The van der Waals surface area contributed by atoms with E-state index in [1.54, 1.807) is 13.0 Å². The summed E-state index contributed by atoms with van der Waals surface area (Å²) in [5.41, 5.74) is 0. The van der Waals surface area contributed by atoms with Gasteiger partial charge in [0.15, 0.2) is 0 Å². The molecule has 1 N–H and O–H groups in total. The molecule has 3 nitrogen and oxygen atoms in total. The van der Waals surface area contributed by atoms with Crippen molar-refractivity contribution in [1.82, 2.24) is 5.32 Å². The van der Waals surface area contributed by atoms with Gasteiger partial charge in [0.2, 0.25) is 5.91 Å². The van der Waals surface area contributed by atoms with Crippen LogP contribution in [0.1, 0.15) is 39.0 Å². The van der Waals surface area contributed by atoms with E-state index in [0.717, 1.165) is 25.7 Å². The Balaban J connectivity index is 1.97. The summed E-state index contributed by atoms with van der Waals surface area (Å²) in [5, 5.41) is 2.29. The maximum Gasteiger partial charge on any atom is 0.236 e. The highest BCUT2D eigenvalue weighted by Crippen LogP contribution is 2.18. The molecule has 1 fully saturated rings. The molecule has 1 aliphatic rings. The highest BCUT2D eigenvalue weighted by molar-refractivity contribution is 7.86. The van der Waals surface area contributed by atoms with Crippen LogP contribution in [-0.4, -0.2) is 21.4 Å². The third-order valence-electron chi connectivity index (χ3n) is 3.67. The van der Waals surface area contributed by atoms with E-state index in [1.807, 2.05) is 0 Å². The van der Waals surface area contributed by atoms with Gasteiger partial charge >= 0.3 is 0 Å².